The summed E-state index contributed by atoms with van der Waals surface area (Å²) in [6, 6.07) is 7.72. The first-order valence-electron chi connectivity index (χ1n) is 5.66. The van der Waals surface area contributed by atoms with Gasteiger partial charge < -0.3 is 9.47 Å². The minimum Gasteiger partial charge on any atom is -0.437 e. The van der Waals surface area contributed by atoms with Crippen LogP contribution in [0.4, 0.5) is 4.79 Å². The summed E-state index contributed by atoms with van der Waals surface area (Å²) < 4.78 is 9.66. The van der Waals surface area contributed by atoms with Crippen LogP contribution in [-0.4, -0.2) is 13.3 Å². The number of methoxy groups -OCH3 is 1. The van der Waals surface area contributed by atoms with E-state index in [1.54, 1.807) is 0 Å². The molecule has 1 saturated carbocycles. The van der Waals surface area contributed by atoms with Gasteiger partial charge in [-0.2, -0.15) is 0 Å². The second-order valence-corrected chi connectivity index (χ2v) is 4.08. The fourth-order valence-corrected chi connectivity index (χ4v) is 2.28. The predicted octanol–water partition coefficient (Wildman–Crippen LogP) is 3.49. The molecule has 3 heteroatoms. The summed E-state index contributed by atoms with van der Waals surface area (Å²) in [7, 11) is 1.32. The number of rotatable bonds is 2. The van der Waals surface area contributed by atoms with E-state index in [1.807, 2.05) is 24.3 Å². The van der Waals surface area contributed by atoms with Crippen molar-refractivity contribution in [2.75, 3.05) is 7.11 Å². The second kappa shape index (κ2) is 5.01. The highest BCUT2D eigenvalue weighted by Crippen LogP contribution is 2.38. The van der Waals surface area contributed by atoms with Crippen molar-refractivity contribution in [1.82, 2.24) is 0 Å². The van der Waals surface area contributed by atoms with Gasteiger partial charge in [-0.1, -0.05) is 31.0 Å². The third kappa shape index (κ3) is 2.35. The van der Waals surface area contributed by atoms with E-state index in [-0.39, 0.29) is 0 Å². The predicted molar refractivity (Wildman–Crippen MR) is 60.7 cm³/mol. The minimum absolute atomic E-state index is 0.529. The molecule has 0 atom stereocenters. The molecule has 0 N–H and O–H groups in total. The van der Waals surface area contributed by atoms with E-state index in [9.17, 15) is 4.79 Å². The van der Waals surface area contributed by atoms with Crippen LogP contribution < -0.4 is 4.74 Å². The monoisotopic (exact) mass is 220 g/mol. The molecule has 1 aliphatic carbocycles. The zero-order valence-electron chi connectivity index (χ0n) is 9.44. The molecule has 86 valence electrons. The second-order valence-electron chi connectivity index (χ2n) is 4.08. The molecule has 0 aliphatic heterocycles. The Bertz CT molecular complexity index is 367. The molecule has 1 aromatic rings. The van der Waals surface area contributed by atoms with Gasteiger partial charge in [-0.05, 0) is 30.4 Å². The zero-order valence-corrected chi connectivity index (χ0v) is 9.44. The molecule has 16 heavy (non-hydrogen) atoms. The molecule has 1 aromatic carbocycles. The topological polar surface area (TPSA) is 35.5 Å². The molecule has 1 aliphatic rings. The highest BCUT2D eigenvalue weighted by molar-refractivity contribution is 5.64. The van der Waals surface area contributed by atoms with Gasteiger partial charge in [-0.25, -0.2) is 4.79 Å². The van der Waals surface area contributed by atoms with Crippen molar-refractivity contribution in [3.8, 4) is 5.75 Å². The Morgan fingerprint density at radius 3 is 2.62 bits per heavy atom. The lowest BCUT2D eigenvalue weighted by molar-refractivity contribution is 0.121. The molecule has 0 bridgehead atoms. The van der Waals surface area contributed by atoms with Crippen molar-refractivity contribution in [2.45, 2.75) is 31.6 Å². The van der Waals surface area contributed by atoms with Crippen molar-refractivity contribution in [1.29, 1.82) is 0 Å². The molecular weight excluding hydrogens is 204 g/mol. The van der Waals surface area contributed by atoms with Crippen LogP contribution in [0.3, 0.4) is 0 Å². The summed E-state index contributed by atoms with van der Waals surface area (Å²) in [6.45, 7) is 0. The van der Waals surface area contributed by atoms with Crippen LogP contribution >= 0.6 is 0 Å². The van der Waals surface area contributed by atoms with Crippen LogP contribution in [0, 0.1) is 0 Å². The van der Waals surface area contributed by atoms with Crippen molar-refractivity contribution < 1.29 is 14.3 Å². The van der Waals surface area contributed by atoms with E-state index in [0.717, 1.165) is 5.56 Å². The summed E-state index contributed by atoms with van der Waals surface area (Å²) in [6.07, 6.45) is 4.24. The van der Waals surface area contributed by atoms with Crippen molar-refractivity contribution in [2.24, 2.45) is 0 Å². The lowest BCUT2D eigenvalue weighted by atomic mass is 9.97. The third-order valence-corrected chi connectivity index (χ3v) is 3.07. The van der Waals surface area contributed by atoms with Crippen LogP contribution in [0.2, 0.25) is 0 Å². The number of carbonyl (C=O) groups excluding carboxylic acids is 1. The van der Waals surface area contributed by atoms with Gasteiger partial charge in [0.1, 0.15) is 5.75 Å². The molecule has 1 fully saturated rings. The molecule has 0 amide bonds. The number of carbonyl (C=O) groups is 1. The van der Waals surface area contributed by atoms with Crippen molar-refractivity contribution >= 4 is 6.16 Å². The fourth-order valence-electron chi connectivity index (χ4n) is 2.28. The van der Waals surface area contributed by atoms with Gasteiger partial charge in [-0.3, -0.25) is 0 Å². The highest BCUT2D eigenvalue weighted by Gasteiger charge is 2.21. The van der Waals surface area contributed by atoms with Crippen molar-refractivity contribution in [3.63, 3.8) is 0 Å². The standard InChI is InChI=1S/C13H16O3/c1-15-13(14)16-12-9-5-4-8-11(12)10-6-2-3-7-10/h4-5,8-10H,2-3,6-7H2,1H3. The lowest BCUT2D eigenvalue weighted by Gasteiger charge is -2.14. The van der Waals surface area contributed by atoms with Crippen molar-refractivity contribution in [3.05, 3.63) is 29.8 Å². The third-order valence-electron chi connectivity index (χ3n) is 3.07. The average Bonchev–Trinajstić information content (AvgIpc) is 2.83. The molecule has 0 heterocycles. The zero-order chi connectivity index (χ0) is 11.4. The highest BCUT2D eigenvalue weighted by atomic mass is 16.7. The van der Waals surface area contributed by atoms with Gasteiger partial charge in [0, 0.05) is 0 Å². The molecule has 0 spiro atoms. The minimum atomic E-state index is -0.648. The van der Waals surface area contributed by atoms with Gasteiger partial charge >= 0.3 is 6.16 Å². The van der Waals surface area contributed by atoms with E-state index < -0.39 is 6.16 Å². The Balaban J connectivity index is 2.19. The molecule has 3 nitrogen and oxygen atoms in total. The Hall–Kier alpha value is -1.51. The van der Waals surface area contributed by atoms with Crippen LogP contribution in [0.15, 0.2) is 24.3 Å². The number of benzene rings is 1. The fraction of sp³-hybridized carbons (Fsp3) is 0.462. The maximum absolute atomic E-state index is 11.1. The van der Waals surface area contributed by atoms with E-state index in [4.69, 9.17) is 4.74 Å². The van der Waals surface area contributed by atoms with Gasteiger partial charge in [-0.15, -0.1) is 0 Å². The number of hydrogen-bond donors (Lipinski definition) is 0. The normalized spacial score (nSPS) is 16.1. The van der Waals surface area contributed by atoms with E-state index in [2.05, 4.69) is 4.74 Å². The summed E-state index contributed by atoms with van der Waals surface area (Å²) >= 11 is 0. The SMILES string of the molecule is COC(=O)Oc1ccccc1C1CCCC1. The van der Waals surface area contributed by atoms with Gasteiger partial charge in [0.15, 0.2) is 0 Å². The largest absolute Gasteiger partial charge is 0.513 e. The average molecular weight is 220 g/mol. The summed E-state index contributed by atoms with van der Waals surface area (Å²) in [5.41, 5.74) is 1.13. The maximum Gasteiger partial charge on any atom is 0.513 e. The number of para-hydroxylation sites is 1. The molecular formula is C13H16O3. The van der Waals surface area contributed by atoms with E-state index in [0.29, 0.717) is 11.7 Å². The van der Waals surface area contributed by atoms with E-state index in [1.165, 1.54) is 32.8 Å². The number of hydrogen-bond acceptors (Lipinski definition) is 3. The van der Waals surface area contributed by atoms with Crippen LogP contribution in [0.1, 0.15) is 37.2 Å². The first kappa shape index (κ1) is 11.0. The smallest absolute Gasteiger partial charge is 0.437 e. The molecule has 0 saturated heterocycles. The van der Waals surface area contributed by atoms with Crippen LogP contribution in [-0.2, 0) is 4.74 Å². The van der Waals surface area contributed by atoms with Gasteiger partial charge in [0.2, 0.25) is 0 Å². The molecule has 0 aromatic heterocycles. The Morgan fingerprint density at radius 2 is 1.94 bits per heavy atom. The summed E-state index contributed by atoms with van der Waals surface area (Å²) in [5.74, 6) is 1.17. The molecule has 0 radical (unpaired) electrons. The van der Waals surface area contributed by atoms with Gasteiger partial charge in [0.25, 0.3) is 0 Å². The Labute approximate surface area is 95.4 Å². The maximum atomic E-state index is 11.1. The Morgan fingerprint density at radius 1 is 1.25 bits per heavy atom. The quantitative estimate of drug-likeness (QED) is 0.565. The summed E-state index contributed by atoms with van der Waals surface area (Å²) in [5, 5.41) is 0. The van der Waals surface area contributed by atoms with Gasteiger partial charge in [0.05, 0.1) is 7.11 Å². The van der Waals surface area contributed by atoms with Crippen LogP contribution in [0.5, 0.6) is 5.75 Å². The first-order valence-corrected chi connectivity index (χ1v) is 5.66. The summed E-state index contributed by atoms with van der Waals surface area (Å²) in [4.78, 5) is 11.1. The first-order chi connectivity index (χ1) is 7.81. The van der Waals surface area contributed by atoms with E-state index >= 15 is 0 Å². The lowest BCUT2D eigenvalue weighted by Crippen LogP contribution is -2.09. The molecule has 2 rings (SSSR count). The molecule has 0 unspecified atom stereocenters. The van der Waals surface area contributed by atoms with Crippen LogP contribution in [0.25, 0.3) is 0 Å². The number of ether oxygens (including phenoxy) is 2. The Kier molecular flexibility index (Phi) is 3.44.